The molecule has 0 saturated carbocycles. The van der Waals surface area contributed by atoms with Crippen molar-refractivity contribution in [2.45, 2.75) is 51.3 Å². The molecule has 360 valence electrons. The molecular weight excluding hydrogens is 921 g/mol. The van der Waals surface area contributed by atoms with Gasteiger partial charge in [-0.2, -0.15) is 0 Å². The lowest BCUT2D eigenvalue weighted by Crippen LogP contribution is -2.23. The zero-order chi connectivity index (χ0) is 49.6. The predicted molar refractivity (Wildman–Crippen MR) is 275 cm³/mol. The summed E-state index contributed by atoms with van der Waals surface area (Å²) < 4.78 is 63.4. The van der Waals surface area contributed by atoms with E-state index in [0.29, 0.717) is 61.5 Å². The van der Waals surface area contributed by atoms with Crippen LogP contribution in [0, 0.1) is 27.7 Å². The van der Waals surface area contributed by atoms with Crippen LogP contribution in [0.3, 0.4) is 0 Å². The maximum absolute atomic E-state index is 14.2. The van der Waals surface area contributed by atoms with E-state index in [2.05, 4.69) is 83.9 Å². The van der Waals surface area contributed by atoms with E-state index in [1.165, 1.54) is 36.4 Å². The molecule has 0 bridgehead atoms. The highest BCUT2D eigenvalue weighted by atomic mass is 32.2. The molecule has 0 spiro atoms. The van der Waals surface area contributed by atoms with Crippen LogP contribution >= 0.6 is 0 Å². The summed E-state index contributed by atoms with van der Waals surface area (Å²) in [5.74, 6) is -0.0373. The van der Waals surface area contributed by atoms with Crippen LogP contribution in [0.2, 0.25) is 0 Å². The summed E-state index contributed by atoms with van der Waals surface area (Å²) in [6, 6.07) is 35.7. The van der Waals surface area contributed by atoms with Gasteiger partial charge in [0.05, 0.1) is 23.0 Å². The second-order valence-electron chi connectivity index (χ2n) is 17.4. The Morgan fingerprint density at radius 3 is 1.34 bits per heavy atom. The molecule has 10 aromatic rings. The largest absolute Gasteiger partial charge is 0.436 e. The van der Waals surface area contributed by atoms with Gasteiger partial charge in [-0.3, -0.25) is 0 Å². The molecule has 0 fully saturated rings. The van der Waals surface area contributed by atoms with Gasteiger partial charge < -0.3 is 36.9 Å². The van der Waals surface area contributed by atoms with Crippen LogP contribution in [0.5, 0.6) is 0 Å². The summed E-state index contributed by atoms with van der Waals surface area (Å²) in [5.41, 5.74) is 8.78. The van der Waals surface area contributed by atoms with Gasteiger partial charge in [0.15, 0.2) is 11.2 Å². The van der Waals surface area contributed by atoms with Crippen molar-refractivity contribution in [2.75, 3.05) is 49.3 Å². The quantitative estimate of drug-likeness (QED) is 0.0661. The highest BCUT2D eigenvalue weighted by Crippen LogP contribution is 2.36. The van der Waals surface area contributed by atoms with E-state index in [4.69, 9.17) is 27.1 Å². The first-order valence-electron chi connectivity index (χ1n) is 23.4. The summed E-state index contributed by atoms with van der Waals surface area (Å²) in [4.78, 5) is 40.3. The van der Waals surface area contributed by atoms with E-state index in [1.54, 1.807) is 12.1 Å². The fourth-order valence-corrected chi connectivity index (χ4v) is 10.2. The van der Waals surface area contributed by atoms with Gasteiger partial charge in [0, 0.05) is 72.0 Å². The molecule has 0 aliphatic heterocycles. The SMILES string of the molecule is CCOCCN(c1ccc2cc(-c3nc4cc(S(=O)(=O)c5ccc6oc(-c7cc8ccc(N(CCOCC)c9ccc(C)cc9C)cc8oc7=O)nc6c5)ccc4o3)c(=O)oc2c1)c1ccc(C)cc1C. The van der Waals surface area contributed by atoms with Crippen LogP contribution in [0.4, 0.5) is 22.7 Å². The average molecular weight is 971 g/mol. The Morgan fingerprint density at radius 2 is 0.930 bits per heavy atom. The van der Waals surface area contributed by atoms with Gasteiger partial charge in [0.1, 0.15) is 33.3 Å². The summed E-state index contributed by atoms with van der Waals surface area (Å²) in [7, 11) is -4.14. The van der Waals surface area contributed by atoms with Crippen molar-refractivity contribution in [1.29, 1.82) is 0 Å². The second kappa shape index (κ2) is 19.2. The summed E-state index contributed by atoms with van der Waals surface area (Å²) in [5, 5.41) is 1.29. The molecule has 0 amide bonds. The molecule has 0 aliphatic rings. The number of aromatic nitrogens is 2. The normalized spacial score (nSPS) is 11.9. The molecule has 0 aliphatic carbocycles. The third-order valence-electron chi connectivity index (χ3n) is 12.5. The molecule has 0 atom stereocenters. The number of hydrogen-bond donors (Lipinski definition) is 0. The summed E-state index contributed by atoms with van der Waals surface area (Å²) in [6.07, 6.45) is 0. The van der Waals surface area contributed by atoms with Crippen LogP contribution in [-0.2, 0) is 19.3 Å². The monoisotopic (exact) mass is 970 g/mol. The van der Waals surface area contributed by atoms with Crippen LogP contribution in [0.25, 0.3) is 67.0 Å². The van der Waals surface area contributed by atoms with Gasteiger partial charge in [-0.05, 0) is 138 Å². The Kier molecular flexibility index (Phi) is 12.6. The number of oxazole rings is 2. The molecule has 10 rings (SSSR count). The molecular formula is C56H50N4O10S. The first-order valence-corrected chi connectivity index (χ1v) is 24.8. The lowest BCUT2D eigenvalue weighted by molar-refractivity contribution is 0.155. The zero-order valence-corrected chi connectivity index (χ0v) is 40.9. The van der Waals surface area contributed by atoms with Crippen molar-refractivity contribution in [1.82, 2.24) is 9.97 Å². The maximum atomic E-state index is 14.2. The first kappa shape index (κ1) is 46.9. The Hall–Kier alpha value is -7.85. The van der Waals surface area contributed by atoms with E-state index >= 15 is 0 Å². The fraction of sp³-hybridized carbons (Fsp3) is 0.214. The van der Waals surface area contributed by atoms with Crippen molar-refractivity contribution < 1.29 is 35.6 Å². The highest BCUT2D eigenvalue weighted by molar-refractivity contribution is 7.91. The Bertz CT molecular complexity index is 3660. The second-order valence-corrected chi connectivity index (χ2v) is 19.4. The molecule has 0 radical (unpaired) electrons. The Balaban J connectivity index is 0.909. The van der Waals surface area contributed by atoms with Crippen molar-refractivity contribution >= 4 is 76.7 Å². The average Bonchev–Trinajstić information content (AvgIpc) is 3.98. The standard InChI is InChI=1S/C56H50N4O10S/c1-7-65-23-21-59(47-17-9-33(3)25-35(47)5)39-13-11-37-27-43(55(61)69-51(37)29-39)53-57-45-31-41(15-19-49(45)67-53)71(63,64)42-16-20-50-46(32-42)58-54(68-50)44-28-38-12-14-40(30-52(38)70-56(44)62)60(22-24-66-8-2)48-18-10-34(4)26-36(48)6/h9-20,25-32H,7-8,21-24H2,1-6H3. The van der Waals surface area contributed by atoms with Crippen LogP contribution in [0.15, 0.2) is 158 Å². The van der Waals surface area contributed by atoms with Gasteiger partial charge in [0.2, 0.25) is 21.6 Å². The van der Waals surface area contributed by atoms with Crippen LogP contribution in [-0.4, -0.2) is 57.9 Å². The van der Waals surface area contributed by atoms with E-state index in [9.17, 15) is 18.0 Å². The number of benzene rings is 6. The van der Waals surface area contributed by atoms with Crippen LogP contribution < -0.4 is 21.1 Å². The molecule has 6 aromatic carbocycles. The number of ether oxygens (including phenoxy) is 2. The summed E-state index contributed by atoms with van der Waals surface area (Å²) >= 11 is 0. The lowest BCUT2D eigenvalue weighted by Gasteiger charge is -2.27. The van der Waals surface area contributed by atoms with Crippen molar-refractivity contribution in [3.8, 4) is 22.9 Å². The minimum Gasteiger partial charge on any atom is -0.436 e. The Morgan fingerprint density at radius 1 is 0.493 bits per heavy atom. The number of rotatable bonds is 16. The number of nitrogens with zero attached hydrogens (tertiary/aromatic N) is 4. The third-order valence-corrected chi connectivity index (χ3v) is 14.2. The number of sulfone groups is 1. The lowest BCUT2D eigenvalue weighted by atomic mass is 10.1. The Labute approximate surface area is 408 Å². The molecule has 0 saturated heterocycles. The number of fused-ring (bicyclic) bond motifs is 4. The fourth-order valence-electron chi connectivity index (χ4n) is 8.94. The van der Waals surface area contributed by atoms with E-state index in [1.807, 2.05) is 50.2 Å². The van der Waals surface area contributed by atoms with Gasteiger partial charge in [-0.1, -0.05) is 35.4 Å². The zero-order valence-electron chi connectivity index (χ0n) is 40.1. The molecule has 0 unspecified atom stereocenters. The van der Waals surface area contributed by atoms with Crippen molar-refractivity contribution in [2.24, 2.45) is 0 Å². The predicted octanol–water partition coefficient (Wildman–Crippen LogP) is 11.9. The number of anilines is 4. The van der Waals surface area contributed by atoms with E-state index < -0.39 is 21.1 Å². The smallest absolute Gasteiger partial charge is 0.349 e. The number of hydrogen-bond acceptors (Lipinski definition) is 14. The minimum atomic E-state index is -4.14. The summed E-state index contributed by atoms with van der Waals surface area (Å²) in [6.45, 7) is 15.5. The van der Waals surface area contributed by atoms with Gasteiger partial charge in [0.25, 0.3) is 0 Å². The van der Waals surface area contributed by atoms with Gasteiger partial charge in [-0.25, -0.2) is 28.0 Å². The molecule has 71 heavy (non-hydrogen) atoms. The van der Waals surface area contributed by atoms with Gasteiger partial charge >= 0.3 is 11.3 Å². The third kappa shape index (κ3) is 9.22. The highest BCUT2D eigenvalue weighted by Gasteiger charge is 2.24. The van der Waals surface area contributed by atoms with E-state index in [0.717, 1.165) is 45.0 Å². The topological polar surface area (TPSA) is 172 Å². The van der Waals surface area contributed by atoms with Crippen LogP contribution in [0.1, 0.15) is 36.1 Å². The first-order chi connectivity index (χ1) is 34.3. The molecule has 0 N–H and O–H groups in total. The van der Waals surface area contributed by atoms with Gasteiger partial charge in [-0.15, -0.1) is 0 Å². The van der Waals surface area contributed by atoms with E-state index in [-0.39, 0.29) is 54.9 Å². The molecule has 4 heterocycles. The van der Waals surface area contributed by atoms with Crippen molar-refractivity contribution in [3.05, 3.63) is 164 Å². The molecule has 4 aromatic heterocycles. The molecule has 14 nitrogen and oxygen atoms in total. The maximum Gasteiger partial charge on any atom is 0.349 e. The molecule has 15 heteroatoms. The number of aryl methyl sites for hydroxylation is 4. The minimum absolute atomic E-state index is 0.0186. The van der Waals surface area contributed by atoms with Crippen molar-refractivity contribution in [3.63, 3.8) is 0 Å².